The first-order valence-electron chi connectivity index (χ1n) is 9.41. The van der Waals surface area contributed by atoms with E-state index in [0.717, 1.165) is 17.5 Å². The topological polar surface area (TPSA) is 108 Å². The first-order chi connectivity index (χ1) is 13.9. The second kappa shape index (κ2) is 9.62. The quantitative estimate of drug-likeness (QED) is 0.594. The van der Waals surface area contributed by atoms with Crippen LogP contribution in [0.15, 0.2) is 42.5 Å². The van der Waals surface area contributed by atoms with Gasteiger partial charge < -0.3 is 15.5 Å². The van der Waals surface area contributed by atoms with Crippen molar-refractivity contribution < 1.29 is 18.0 Å². The Hall–Kier alpha value is -3.07. The van der Waals surface area contributed by atoms with Gasteiger partial charge in [-0.1, -0.05) is 12.1 Å². The molecule has 3 N–H and O–H groups in total. The van der Waals surface area contributed by atoms with Crippen LogP contribution in [0.2, 0.25) is 0 Å². The number of carbonyl (C=O) groups is 2. The lowest BCUT2D eigenvalue weighted by atomic mass is 10.1. The summed E-state index contributed by atoms with van der Waals surface area (Å²) in [6.07, 6.45) is 1.62. The van der Waals surface area contributed by atoms with E-state index >= 15 is 0 Å². The second-order valence-corrected chi connectivity index (χ2v) is 9.20. The van der Waals surface area contributed by atoms with Gasteiger partial charge in [0, 0.05) is 38.4 Å². The Morgan fingerprint density at radius 1 is 1.07 bits per heavy atom. The first-order valence-corrected chi connectivity index (χ1v) is 11.3. The maximum absolute atomic E-state index is 12.9. The summed E-state index contributed by atoms with van der Waals surface area (Å²) < 4.78 is 25.7. The maximum atomic E-state index is 12.9. The fourth-order valence-corrected chi connectivity index (χ4v) is 3.52. The maximum Gasteiger partial charge on any atom is 0.253 e. The zero-order valence-electron chi connectivity index (χ0n) is 17.8. The SMILES string of the molecule is CC(=O)Nc1ccc(NS(C)(=O)=O)c(C(=O)NC(C)Cc2ccc(N(C)C)cc2)c1. The van der Waals surface area contributed by atoms with Crippen molar-refractivity contribution in [2.45, 2.75) is 26.3 Å². The molecule has 0 fully saturated rings. The number of anilines is 3. The molecule has 0 heterocycles. The lowest BCUT2D eigenvalue weighted by molar-refractivity contribution is -0.114. The molecule has 1 atom stereocenters. The highest BCUT2D eigenvalue weighted by Crippen LogP contribution is 2.22. The van der Waals surface area contributed by atoms with Gasteiger partial charge in [-0.2, -0.15) is 0 Å². The van der Waals surface area contributed by atoms with Crippen molar-refractivity contribution >= 4 is 38.9 Å². The molecule has 0 aromatic heterocycles. The van der Waals surface area contributed by atoms with Crippen molar-refractivity contribution in [3.63, 3.8) is 0 Å². The predicted molar refractivity (Wildman–Crippen MR) is 121 cm³/mol. The summed E-state index contributed by atoms with van der Waals surface area (Å²) >= 11 is 0. The third-order valence-electron chi connectivity index (χ3n) is 4.25. The number of benzene rings is 2. The van der Waals surface area contributed by atoms with Crippen LogP contribution in [-0.4, -0.2) is 46.6 Å². The highest BCUT2D eigenvalue weighted by Gasteiger charge is 2.17. The molecule has 0 spiro atoms. The highest BCUT2D eigenvalue weighted by molar-refractivity contribution is 7.92. The largest absolute Gasteiger partial charge is 0.378 e. The second-order valence-electron chi connectivity index (χ2n) is 7.46. The summed E-state index contributed by atoms with van der Waals surface area (Å²) in [5.74, 6) is -0.731. The van der Waals surface area contributed by atoms with Gasteiger partial charge in [-0.25, -0.2) is 8.42 Å². The van der Waals surface area contributed by atoms with Crippen LogP contribution in [0.1, 0.15) is 29.8 Å². The number of rotatable bonds is 8. The Kier molecular flexibility index (Phi) is 7.44. The van der Waals surface area contributed by atoms with Crippen molar-refractivity contribution in [3.8, 4) is 0 Å². The van der Waals surface area contributed by atoms with Gasteiger partial charge in [0.05, 0.1) is 17.5 Å². The van der Waals surface area contributed by atoms with Gasteiger partial charge in [-0.3, -0.25) is 14.3 Å². The average Bonchev–Trinajstić information content (AvgIpc) is 2.61. The number of nitrogens with zero attached hydrogens (tertiary/aromatic N) is 1. The van der Waals surface area contributed by atoms with Crippen LogP contribution in [0.4, 0.5) is 17.1 Å². The Morgan fingerprint density at radius 3 is 2.23 bits per heavy atom. The third kappa shape index (κ3) is 7.07. The summed E-state index contributed by atoms with van der Waals surface area (Å²) in [4.78, 5) is 26.2. The van der Waals surface area contributed by atoms with E-state index in [1.165, 1.54) is 25.1 Å². The molecular formula is C21H28N4O4S. The van der Waals surface area contributed by atoms with Crippen LogP contribution in [0.25, 0.3) is 0 Å². The molecule has 0 aliphatic carbocycles. The molecule has 2 amide bonds. The van der Waals surface area contributed by atoms with Crippen LogP contribution in [-0.2, 0) is 21.2 Å². The summed E-state index contributed by atoms with van der Waals surface area (Å²) in [7, 11) is 0.356. The van der Waals surface area contributed by atoms with Gasteiger partial charge in [0.25, 0.3) is 5.91 Å². The van der Waals surface area contributed by atoms with Crippen LogP contribution < -0.4 is 20.3 Å². The van der Waals surface area contributed by atoms with Crippen molar-refractivity contribution in [3.05, 3.63) is 53.6 Å². The minimum absolute atomic E-state index is 0.126. The number of carbonyl (C=O) groups excluding carboxylic acids is 2. The van der Waals surface area contributed by atoms with Crippen molar-refractivity contribution in [1.29, 1.82) is 0 Å². The standard InChI is InChI=1S/C21H28N4O4S/c1-14(12-16-6-9-18(10-7-16)25(3)4)22-21(27)19-13-17(23-15(2)26)8-11-20(19)24-30(5,28)29/h6-11,13-14,24H,12H2,1-5H3,(H,22,27)(H,23,26). The Bertz CT molecular complexity index is 1020. The zero-order valence-corrected chi connectivity index (χ0v) is 18.6. The molecule has 0 bridgehead atoms. The first kappa shape index (κ1) is 23.2. The summed E-state index contributed by atoms with van der Waals surface area (Å²) in [5, 5.41) is 5.49. The molecule has 0 aliphatic heterocycles. The number of amides is 2. The molecular weight excluding hydrogens is 404 g/mol. The van der Waals surface area contributed by atoms with E-state index < -0.39 is 15.9 Å². The molecule has 30 heavy (non-hydrogen) atoms. The minimum atomic E-state index is -3.58. The van der Waals surface area contributed by atoms with E-state index in [0.29, 0.717) is 12.1 Å². The summed E-state index contributed by atoms with van der Waals surface area (Å²) in [6, 6.07) is 12.3. The lowest BCUT2D eigenvalue weighted by Crippen LogP contribution is -2.34. The minimum Gasteiger partial charge on any atom is -0.378 e. The van der Waals surface area contributed by atoms with Gasteiger partial charge in [-0.15, -0.1) is 0 Å². The number of hydrogen-bond acceptors (Lipinski definition) is 5. The van der Waals surface area contributed by atoms with Crippen LogP contribution in [0, 0.1) is 0 Å². The van der Waals surface area contributed by atoms with E-state index in [4.69, 9.17) is 0 Å². The van der Waals surface area contributed by atoms with Gasteiger partial charge in [0.1, 0.15) is 0 Å². The Labute approximate surface area is 177 Å². The smallest absolute Gasteiger partial charge is 0.253 e. The molecule has 162 valence electrons. The fourth-order valence-electron chi connectivity index (χ4n) is 2.94. The monoisotopic (exact) mass is 432 g/mol. The molecule has 8 nitrogen and oxygen atoms in total. The molecule has 1 unspecified atom stereocenters. The van der Waals surface area contributed by atoms with E-state index in [2.05, 4.69) is 15.4 Å². The molecule has 2 aromatic rings. The van der Waals surface area contributed by atoms with E-state index in [1.807, 2.05) is 50.2 Å². The Balaban J connectivity index is 2.19. The number of nitrogens with one attached hydrogen (secondary N) is 3. The molecule has 0 radical (unpaired) electrons. The molecule has 9 heteroatoms. The highest BCUT2D eigenvalue weighted by atomic mass is 32.2. The molecule has 0 aliphatic rings. The van der Waals surface area contributed by atoms with Crippen molar-refractivity contribution in [1.82, 2.24) is 5.32 Å². The predicted octanol–water partition coefficient (Wildman–Crippen LogP) is 2.44. The van der Waals surface area contributed by atoms with Crippen molar-refractivity contribution in [2.24, 2.45) is 0 Å². The fraction of sp³-hybridized carbons (Fsp3) is 0.333. The summed E-state index contributed by atoms with van der Waals surface area (Å²) in [5.41, 5.74) is 2.82. The van der Waals surface area contributed by atoms with Gasteiger partial charge in [-0.05, 0) is 49.2 Å². The average molecular weight is 433 g/mol. The van der Waals surface area contributed by atoms with Gasteiger partial charge in [0.2, 0.25) is 15.9 Å². The number of sulfonamides is 1. The zero-order chi connectivity index (χ0) is 22.5. The van der Waals surface area contributed by atoms with Crippen LogP contribution >= 0.6 is 0 Å². The lowest BCUT2D eigenvalue weighted by Gasteiger charge is -2.18. The van der Waals surface area contributed by atoms with Gasteiger partial charge in [0.15, 0.2) is 0 Å². The Morgan fingerprint density at radius 2 is 1.70 bits per heavy atom. The molecule has 0 saturated heterocycles. The van der Waals surface area contributed by atoms with E-state index in [9.17, 15) is 18.0 Å². The van der Waals surface area contributed by atoms with Gasteiger partial charge >= 0.3 is 0 Å². The number of hydrogen-bond donors (Lipinski definition) is 3. The van der Waals surface area contributed by atoms with Crippen molar-refractivity contribution in [2.75, 3.05) is 35.3 Å². The molecule has 0 saturated carbocycles. The third-order valence-corrected chi connectivity index (χ3v) is 4.84. The summed E-state index contributed by atoms with van der Waals surface area (Å²) in [6.45, 7) is 3.23. The van der Waals surface area contributed by atoms with Crippen LogP contribution in [0.5, 0.6) is 0 Å². The van der Waals surface area contributed by atoms with Crippen LogP contribution in [0.3, 0.4) is 0 Å². The molecule has 2 aromatic carbocycles. The normalized spacial score (nSPS) is 12.0. The van der Waals surface area contributed by atoms with E-state index in [-0.39, 0.29) is 23.2 Å². The van der Waals surface area contributed by atoms with E-state index in [1.54, 1.807) is 0 Å². The molecule has 2 rings (SSSR count).